The third-order valence-electron chi connectivity index (χ3n) is 2.38. The maximum atomic E-state index is 11.5. The first-order valence-electron chi connectivity index (χ1n) is 6.16. The van der Waals surface area contributed by atoms with Gasteiger partial charge < -0.3 is 9.47 Å². The number of hydrogen-bond donors (Lipinski definition) is 0. The molecule has 1 atom stereocenters. The van der Waals surface area contributed by atoms with Crippen molar-refractivity contribution in [2.45, 2.75) is 40.0 Å². The van der Waals surface area contributed by atoms with Crippen molar-refractivity contribution in [3.8, 4) is 0 Å². The first-order chi connectivity index (χ1) is 8.11. The molecule has 0 aromatic rings. The lowest BCUT2D eigenvalue weighted by Gasteiger charge is -2.08. The molecule has 0 heterocycles. The lowest BCUT2D eigenvalue weighted by Crippen LogP contribution is -2.10. The third kappa shape index (κ3) is 8.69. The predicted molar refractivity (Wildman–Crippen MR) is 69.6 cm³/mol. The molecule has 0 amide bonds. The highest BCUT2D eigenvalue weighted by atomic mass is 16.7. The molecule has 0 rings (SSSR count). The predicted octanol–water partition coefficient (Wildman–Crippen LogP) is 3.46. The van der Waals surface area contributed by atoms with Gasteiger partial charge in [0.1, 0.15) is 0 Å². The fourth-order valence-corrected chi connectivity index (χ4v) is 1.44. The third-order valence-corrected chi connectivity index (χ3v) is 2.38. The summed E-state index contributed by atoms with van der Waals surface area (Å²) in [7, 11) is 0. The van der Waals surface area contributed by atoms with Crippen LogP contribution in [0.15, 0.2) is 24.3 Å². The lowest BCUT2D eigenvalue weighted by molar-refractivity contribution is -0.150. The van der Waals surface area contributed by atoms with Gasteiger partial charge in [0.2, 0.25) is 0 Å². The molecule has 1 unspecified atom stereocenters. The van der Waals surface area contributed by atoms with E-state index < -0.39 is 0 Å². The van der Waals surface area contributed by atoms with Crippen LogP contribution in [0.1, 0.15) is 40.0 Å². The van der Waals surface area contributed by atoms with Crippen molar-refractivity contribution in [2.75, 3.05) is 13.4 Å². The zero-order valence-electron chi connectivity index (χ0n) is 11.2. The van der Waals surface area contributed by atoms with Crippen LogP contribution in [0.5, 0.6) is 0 Å². The molecule has 0 spiro atoms. The van der Waals surface area contributed by atoms with E-state index in [1.165, 1.54) is 12.8 Å². The van der Waals surface area contributed by atoms with E-state index in [1.54, 1.807) is 13.0 Å². The zero-order valence-corrected chi connectivity index (χ0v) is 11.2. The standard InChI is InChI=1S/C14H24O3/c1-5-7-8-12(3)10-13(4)14(15)17-11-16-9-6-2/h6,10,12H,2,5,7-9,11H2,1,3-4H3. The van der Waals surface area contributed by atoms with E-state index in [0.29, 0.717) is 18.1 Å². The Bertz CT molecular complexity index is 256. The van der Waals surface area contributed by atoms with Gasteiger partial charge in [0.25, 0.3) is 0 Å². The van der Waals surface area contributed by atoms with Crippen LogP contribution in [-0.4, -0.2) is 19.4 Å². The van der Waals surface area contributed by atoms with Crippen LogP contribution in [0.3, 0.4) is 0 Å². The van der Waals surface area contributed by atoms with E-state index in [2.05, 4.69) is 20.4 Å². The minimum absolute atomic E-state index is 0.0145. The van der Waals surface area contributed by atoms with Crippen molar-refractivity contribution in [1.29, 1.82) is 0 Å². The van der Waals surface area contributed by atoms with Gasteiger partial charge in [-0.3, -0.25) is 0 Å². The number of rotatable bonds is 9. The Hall–Kier alpha value is -1.09. The van der Waals surface area contributed by atoms with Gasteiger partial charge in [-0.25, -0.2) is 4.79 Å². The average molecular weight is 240 g/mol. The summed E-state index contributed by atoms with van der Waals surface area (Å²) in [5.41, 5.74) is 0.649. The van der Waals surface area contributed by atoms with E-state index >= 15 is 0 Å². The quantitative estimate of drug-likeness (QED) is 0.203. The summed E-state index contributed by atoms with van der Waals surface area (Å²) >= 11 is 0. The van der Waals surface area contributed by atoms with Gasteiger partial charge in [0.15, 0.2) is 6.79 Å². The summed E-state index contributed by atoms with van der Waals surface area (Å²) in [4.78, 5) is 11.5. The smallest absolute Gasteiger partial charge is 0.335 e. The molecule has 0 aromatic carbocycles. The maximum absolute atomic E-state index is 11.5. The molecule has 0 aromatic heterocycles. The molecule has 17 heavy (non-hydrogen) atoms. The van der Waals surface area contributed by atoms with E-state index in [4.69, 9.17) is 9.47 Å². The molecular formula is C14H24O3. The highest BCUT2D eigenvalue weighted by Crippen LogP contribution is 2.12. The van der Waals surface area contributed by atoms with Gasteiger partial charge in [-0.15, -0.1) is 6.58 Å². The van der Waals surface area contributed by atoms with Crippen LogP contribution in [-0.2, 0) is 14.3 Å². The number of hydrogen-bond acceptors (Lipinski definition) is 3. The molecule has 98 valence electrons. The van der Waals surface area contributed by atoms with Crippen molar-refractivity contribution in [3.05, 3.63) is 24.3 Å². The second kappa shape index (κ2) is 10.1. The second-order valence-corrected chi connectivity index (χ2v) is 4.18. The highest BCUT2D eigenvalue weighted by molar-refractivity contribution is 5.87. The Labute approximate surface area is 104 Å². The van der Waals surface area contributed by atoms with Crippen LogP contribution >= 0.6 is 0 Å². The van der Waals surface area contributed by atoms with Crippen LogP contribution in [0, 0.1) is 5.92 Å². The van der Waals surface area contributed by atoms with Crippen LogP contribution in [0.25, 0.3) is 0 Å². The summed E-state index contributed by atoms with van der Waals surface area (Å²) in [5, 5.41) is 0. The van der Waals surface area contributed by atoms with Gasteiger partial charge >= 0.3 is 5.97 Å². The molecule has 0 bridgehead atoms. The number of esters is 1. The Balaban J connectivity index is 3.92. The van der Waals surface area contributed by atoms with Crippen molar-refractivity contribution in [1.82, 2.24) is 0 Å². The van der Waals surface area contributed by atoms with Crippen molar-refractivity contribution < 1.29 is 14.3 Å². The number of allylic oxidation sites excluding steroid dienone is 1. The molecule has 0 aliphatic heterocycles. The summed E-state index contributed by atoms with van der Waals surface area (Å²) in [6, 6.07) is 0. The summed E-state index contributed by atoms with van der Waals surface area (Å²) < 4.78 is 9.92. The Kier molecular flexibility index (Phi) is 9.44. The first-order valence-corrected chi connectivity index (χ1v) is 6.16. The Morgan fingerprint density at radius 2 is 2.18 bits per heavy atom. The molecule has 0 saturated heterocycles. The number of unbranched alkanes of at least 4 members (excludes halogenated alkanes) is 1. The van der Waals surface area contributed by atoms with Crippen LogP contribution in [0.4, 0.5) is 0 Å². The number of carbonyl (C=O) groups is 1. The number of carbonyl (C=O) groups excluding carboxylic acids is 1. The van der Waals surface area contributed by atoms with Gasteiger partial charge in [-0.05, 0) is 19.3 Å². The molecule has 0 saturated carbocycles. The molecule has 3 heteroatoms. The largest absolute Gasteiger partial charge is 0.435 e. The van der Waals surface area contributed by atoms with E-state index in [1.807, 2.05) is 6.08 Å². The fraction of sp³-hybridized carbons (Fsp3) is 0.643. The lowest BCUT2D eigenvalue weighted by atomic mass is 10.0. The summed E-state index contributed by atoms with van der Waals surface area (Å²) in [6.07, 6.45) is 7.04. The van der Waals surface area contributed by atoms with Gasteiger partial charge in [0.05, 0.1) is 6.61 Å². The fourth-order valence-electron chi connectivity index (χ4n) is 1.44. The molecule has 0 aliphatic rings. The molecule has 0 N–H and O–H groups in total. The first kappa shape index (κ1) is 15.9. The monoisotopic (exact) mass is 240 g/mol. The van der Waals surface area contributed by atoms with E-state index in [-0.39, 0.29) is 12.8 Å². The average Bonchev–Trinajstić information content (AvgIpc) is 2.31. The Morgan fingerprint density at radius 1 is 1.47 bits per heavy atom. The molecule has 0 fully saturated rings. The summed E-state index contributed by atoms with van der Waals surface area (Å²) in [5.74, 6) is 0.106. The van der Waals surface area contributed by atoms with E-state index in [0.717, 1.165) is 6.42 Å². The van der Waals surface area contributed by atoms with Crippen LogP contribution < -0.4 is 0 Å². The van der Waals surface area contributed by atoms with E-state index in [9.17, 15) is 4.79 Å². The van der Waals surface area contributed by atoms with Crippen molar-refractivity contribution in [2.24, 2.45) is 5.92 Å². The topological polar surface area (TPSA) is 35.5 Å². The minimum Gasteiger partial charge on any atom is -0.435 e. The maximum Gasteiger partial charge on any atom is 0.335 e. The van der Waals surface area contributed by atoms with Gasteiger partial charge in [-0.2, -0.15) is 0 Å². The SMILES string of the molecule is C=CCOCOC(=O)C(C)=CC(C)CCCC. The summed E-state index contributed by atoms with van der Waals surface area (Å²) in [6.45, 7) is 9.93. The normalized spacial score (nSPS) is 13.2. The van der Waals surface area contributed by atoms with Crippen LogP contribution in [0.2, 0.25) is 0 Å². The highest BCUT2D eigenvalue weighted by Gasteiger charge is 2.07. The molecule has 3 nitrogen and oxygen atoms in total. The van der Waals surface area contributed by atoms with Crippen molar-refractivity contribution >= 4 is 5.97 Å². The molecule has 0 aliphatic carbocycles. The number of ether oxygens (including phenoxy) is 2. The minimum atomic E-state index is -0.308. The molecule has 0 radical (unpaired) electrons. The second-order valence-electron chi connectivity index (χ2n) is 4.18. The zero-order chi connectivity index (χ0) is 13.1. The Morgan fingerprint density at radius 3 is 2.76 bits per heavy atom. The molecular weight excluding hydrogens is 216 g/mol. The van der Waals surface area contributed by atoms with Gasteiger partial charge in [0, 0.05) is 5.57 Å². The van der Waals surface area contributed by atoms with Gasteiger partial charge in [-0.1, -0.05) is 38.8 Å². The van der Waals surface area contributed by atoms with Crippen molar-refractivity contribution in [3.63, 3.8) is 0 Å².